The molecule has 1 unspecified atom stereocenters. The molecule has 0 aliphatic carbocycles. The van der Waals surface area contributed by atoms with Crippen molar-refractivity contribution in [1.29, 1.82) is 0 Å². The first-order chi connectivity index (χ1) is 9.66. The Kier molecular flexibility index (Phi) is 6.12. The van der Waals surface area contributed by atoms with Crippen molar-refractivity contribution in [3.63, 3.8) is 0 Å². The minimum absolute atomic E-state index is 0.0745. The number of carbonyl (C=O) groups excluding carboxylic acids is 1. The topological polar surface area (TPSA) is 72.5 Å². The Balaban J connectivity index is 2.99. The fourth-order valence-electron chi connectivity index (χ4n) is 1.75. The lowest BCUT2D eigenvalue weighted by Crippen LogP contribution is -2.30. The van der Waals surface area contributed by atoms with Crippen molar-refractivity contribution in [2.45, 2.75) is 18.7 Å². The van der Waals surface area contributed by atoms with Crippen LogP contribution in [0.4, 0.5) is 4.39 Å². The van der Waals surface area contributed by atoms with Crippen LogP contribution >= 0.6 is 10.7 Å². The maximum Gasteiger partial charge on any atom is 0.261 e. The number of rotatable bonds is 6. The van der Waals surface area contributed by atoms with Gasteiger partial charge in [-0.1, -0.05) is 6.92 Å². The molecule has 0 fully saturated rings. The van der Waals surface area contributed by atoms with Crippen LogP contribution in [-0.2, 0) is 13.8 Å². The third kappa shape index (κ3) is 4.94. The second-order valence-electron chi connectivity index (χ2n) is 4.79. The highest BCUT2D eigenvalue weighted by Crippen LogP contribution is 2.23. The zero-order valence-corrected chi connectivity index (χ0v) is 13.5. The average molecular weight is 338 g/mol. The van der Waals surface area contributed by atoms with Crippen LogP contribution in [0.5, 0.6) is 0 Å². The van der Waals surface area contributed by atoms with E-state index in [2.05, 4.69) is 5.32 Å². The lowest BCUT2D eigenvalue weighted by molar-refractivity contribution is 0.0933. The number of methoxy groups -OCH3 is 1. The van der Waals surface area contributed by atoms with Crippen LogP contribution in [0.1, 0.15) is 22.8 Å². The second-order valence-corrected chi connectivity index (χ2v) is 7.32. The van der Waals surface area contributed by atoms with E-state index >= 15 is 0 Å². The molecule has 0 aliphatic heterocycles. The van der Waals surface area contributed by atoms with E-state index in [1.807, 2.05) is 6.92 Å². The molecule has 1 aromatic rings. The molecular weight excluding hydrogens is 321 g/mol. The van der Waals surface area contributed by atoms with Gasteiger partial charge in [-0.05, 0) is 25.0 Å². The van der Waals surface area contributed by atoms with E-state index in [0.717, 1.165) is 12.1 Å². The number of nitrogens with one attached hydrogen (secondary N) is 1. The van der Waals surface area contributed by atoms with E-state index < -0.39 is 25.7 Å². The van der Waals surface area contributed by atoms with Crippen molar-refractivity contribution in [3.05, 3.63) is 29.1 Å². The van der Waals surface area contributed by atoms with Crippen molar-refractivity contribution in [2.75, 3.05) is 20.3 Å². The third-order valence-corrected chi connectivity index (χ3v) is 4.33. The van der Waals surface area contributed by atoms with Crippen molar-refractivity contribution in [2.24, 2.45) is 5.92 Å². The van der Waals surface area contributed by atoms with Gasteiger partial charge in [0.25, 0.3) is 15.0 Å². The molecule has 0 spiro atoms. The van der Waals surface area contributed by atoms with Gasteiger partial charge in [-0.15, -0.1) is 0 Å². The molecule has 1 atom stereocenters. The summed E-state index contributed by atoms with van der Waals surface area (Å²) in [4.78, 5) is 11.5. The number of halogens is 2. The van der Waals surface area contributed by atoms with Gasteiger partial charge in [-0.2, -0.15) is 0 Å². The first kappa shape index (κ1) is 17.9. The Labute approximate surface area is 127 Å². The Morgan fingerprint density at radius 2 is 2.10 bits per heavy atom. The van der Waals surface area contributed by atoms with Crippen LogP contribution < -0.4 is 5.32 Å². The van der Waals surface area contributed by atoms with Crippen molar-refractivity contribution >= 4 is 25.6 Å². The molecule has 0 bridgehead atoms. The molecule has 0 radical (unpaired) electrons. The molecule has 1 N–H and O–H groups in total. The van der Waals surface area contributed by atoms with Gasteiger partial charge >= 0.3 is 0 Å². The zero-order valence-electron chi connectivity index (χ0n) is 11.9. The molecule has 8 heteroatoms. The Bertz CT molecular complexity index is 633. The minimum Gasteiger partial charge on any atom is -0.384 e. The molecule has 0 saturated carbocycles. The molecular formula is C13H17ClFNO4S. The lowest BCUT2D eigenvalue weighted by Gasteiger charge is -2.12. The predicted octanol–water partition coefficient (Wildman–Crippen LogP) is 2.07. The number of benzene rings is 1. The SMILES string of the molecule is COCC(C)CNC(=O)c1cc(F)c(C)c(S(=O)(=O)Cl)c1. The van der Waals surface area contributed by atoms with Crippen molar-refractivity contribution in [3.8, 4) is 0 Å². The summed E-state index contributed by atoms with van der Waals surface area (Å²) in [5, 5.41) is 2.59. The van der Waals surface area contributed by atoms with Crippen LogP contribution in [0.2, 0.25) is 0 Å². The van der Waals surface area contributed by atoms with Gasteiger partial charge in [0.2, 0.25) is 0 Å². The summed E-state index contributed by atoms with van der Waals surface area (Å²) >= 11 is 0. The fourth-order valence-corrected chi connectivity index (χ4v) is 2.96. The van der Waals surface area contributed by atoms with E-state index in [9.17, 15) is 17.6 Å². The first-order valence-electron chi connectivity index (χ1n) is 6.18. The monoisotopic (exact) mass is 337 g/mol. The van der Waals surface area contributed by atoms with Gasteiger partial charge in [0.1, 0.15) is 5.82 Å². The van der Waals surface area contributed by atoms with Gasteiger partial charge in [-0.3, -0.25) is 4.79 Å². The van der Waals surface area contributed by atoms with Crippen LogP contribution in [0.15, 0.2) is 17.0 Å². The summed E-state index contributed by atoms with van der Waals surface area (Å²) in [6.45, 7) is 3.94. The highest BCUT2D eigenvalue weighted by molar-refractivity contribution is 8.13. The van der Waals surface area contributed by atoms with Crippen LogP contribution in [0.25, 0.3) is 0 Å². The summed E-state index contributed by atoms with van der Waals surface area (Å²) in [6, 6.07) is 2.05. The Morgan fingerprint density at radius 1 is 1.48 bits per heavy atom. The van der Waals surface area contributed by atoms with E-state index in [0.29, 0.717) is 13.2 Å². The van der Waals surface area contributed by atoms with Crippen molar-refractivity contribution in [1.82, 2.24) is 5.32 Å². The summed E-state index contributed by atoms with van der Waals surface area (Å²) in [6.07, 6.45) is 0. The molecule has 0 aliphatic rings. The van der Waals surface area contributed by atoms with Crippen LogP contribution in [0.3, 0.4) is 0 Å². The summed E-state index contributed by atoms with van der Waals surface area (Å²) < 4.78 is 41.4. The molecule has 21 heavy (non-hydrogen) atoms. The molecule has 0 aromatic heterocycles. The molecule has 1 amide bonds. The van der Waals surface area contributed by atoms with Crippen LogP contribution in [0, 0.1) is 18.7 Å². The van der Waals surface area contributed by atoms with Gasteiger partial charge < -0.3 is 10.1 Å². The fraction of sp³-hybridized carbons (Fsp3) is 0.462. The minimum atomic E-state index is -4.12. The first-order valence-corrected chi connectivity index (χ1v) is 8.49. The molecule has 5 nitrogen and oxygen atoms in total. The zero-order chi connectivity index (χ0) is 16.2. The quantitative estimate of drug-likeness (QED) is 0.807. The molecule has 1 rings (SSSR count). The molecule has 1 aromatic carbocycles. The number of carbonyl (C=O) groups is 1. The van der Waals surface area contributed by atoms with Gasteiger partial charge in [0.05, 0.1) is 11.5 Å². The molecule has 0 saturated heterocycles. The average Bonchev–Trinajstić information content (AvgIpc) is 2.38. The summed E-state index contributed by atoms with van der Waals surface area (Å²) in [5.41, 5.74) is -0.212. The Hall–Kier alpha value is -1.18. The number of amides is 1. The van der Waals surface area contributed by atoms with E-state index in [1.165, 1.54) is 6.92 Å². The van der Waals surface area contributed by atoms with E-state index in [1.54, 1.807) is 7.11 Å². The van der Waals surface area contributed by atoms with Gasteiger partial charge in [0.15, 0.2) is 0 Å². The van der Waals surface area contributed by atoms with E-state index in [4.69, 9.17) is 15.4 Å². The predicted molar refractivity (Wildman–Crippen MR) is 77.5 cm³/mol. The van der Waals surface area contributed by atoms with Crippen LogP contribution in [-0.4, -0.2) is 34.6 Å². The standard InChI is InChI=1S/C13H17ClFNO4S/c1-8(7-20-3)6-16-13(17)10-4-11(15)9(2)12(5-10)21(14,18)19/h4-5,8H,6-7H2,1-3H3,(H,16,17). The van der Waals surface area contributed by atoms with Crippen molar-refractivity contribution < 1.29 is 22.3 Å². The lowest BCUT2D eigenvalue weighted by atomic mass is 10.1. The smallest absolute Gasteiger partial charge is 0.261 e. The number of hydrogen-bond donors (Lipinski definition) is 1. The second kappa shape index (κ2) is 7.20. The normalized spacial score (nSPS) is 13.0. The maximum absolute atomic E-state index is 13.7. The molecule has 118 valence electrons. The largest absolute Gasteiger partial charge is 0.384 e. The van der Waals surface area contributed by atoms with Gasteiger partial charge in [0, 0.05) is 35.5 Å². The Morgan fingerprint density at radius 3 is 2.62 bits per heavy atom. The maximum atomic E-state index is 13.7. The summed E-state index contributed by atoms with van der Waals surface area (Å²) in [7, 11) is 2.67. The van der Waals surface area contributed by atoms with E-state index in [-0.39, 0.29) is 17.0 Å². The highest BCUT2D eigenvalue weighted by Gasteiger charge is 2.20. The summed E-state index contributed by atoms with van der Waals surface area (Å²) in [5.74, 6) is -1.30. The molecule has 0 heterocycles. The number of ether oxygens (including phenoxy) is 1. The van der Waals surface area contributed by atoms with Gasteiger partial charge in [-0.25, -0.2) is 12.8 Å². The highest BCUT2D eigenvalue weighted by atomic mass is 35.7. The number of hydrogen-bond acceptors (Lipinski definition) is 4. The third-order valence-electron chi connectivity index (χ3n) is 2.88.